The van der Waals surface area contributed by atoms with E-state index in [1.54, 1.807) is 11.3 Å². The molecule has 14 heavy (non-hydrogen) atoms. The SMILES string of the molecule is Cc1nc(CCN=C(N)C2CC2)cs1. The first-order valence-corrected chi connectivity index (χ1v) is 5.84. The Labute approximate surface area is 88.1 Å². The minimum absolute atomic E-state index is 0.590. The molecule has 0 bridgehead atoms. The number of aliphatic imine (C=N–C) groups is 1. The Morgan fingerprint density at radius 2 is 2.50 bits per heavy atom. The summed E-state index contributed by atoms with van der Waals surface area (Å²) in [5, 5.41) is 3.22. The van der Waals surface area contributed by atoms with Gasteiger partial charge in [-0.05, 0) is 19.8 Å². The van der Waals surface area contributed by atoms with Crippen LogP contribution in [0, 0.1) is 12.8 Å². The predicted octanol–water partition coefficient (Wildman–Crippen LogP) is 1.76. The molecule has 1 saturated carbocycles. The van der Waals surface area contributed by atoms with Gasteiger partial charge in [-0.25, -0.2) is 4.98 Å². The molecule has 2 rings (SSSR count). The quantitative estimate of drug-likeness (QED) is 0.607. The van der Waals surface area contributed by atoms with Crippen LogP contribution in [-0.4, -0.2) is 17.4 Å². The standard InChI is InChI=1S/C10H15N3S/c1-7-13-9(6-14-7)4-5-12-10(11)8-2-3-8/h6,8H,2-5H2,1H3,(H2,11,12). The van der Waals surface area contributed by atoms with Crippen LogP contribution >= 0.6 is 11.3 Å². The normalized spacial score (nSPS) is 17.4. The van der Waals surface area contributed by atoms with Crippen LogP contribution in [0.3, 0.4) is 0 Å². The third-order valence-corrected chi connectivity index (χ3v) is 3.15. The molecular weight excluding hydrogens is 194 g/mol. The van der Waals surface area contributed by atoms with E-state index >= 15 is 0 Å². The summed E-state index contributed by atoms with van der Waals surface area (Å²) in [5.41, 5.74) is 6.92. The highest BCUT2D eigenvalue weighted by atomic mass is 32.1. The number of amidine groups is 1. The van der Waals surface area contributed by atoms with Crippen molar-refractivity contribution in [1.82, 2.24) is 4.98 Å². The van der Waals surface area contributed by atoms with Gasteiger partial charge in [-0.2, -0.15) is 0 Å². The summed E-state index contributed by atoms with van der Waals surface area (Å²) in [4.78, 5) is 8.73. The molecule has 3 nitrogen and oxygen atoms in total. The summed E-state index contributed by atoms with van der Waals surface area (Å²) in [6.07, 6.45) is 3.37. The number of thiazole rings is 1. The Bertz CT molecular complexity index is 339. The molecule has 0 spiro atoms. The summed E-state index contributed by atoms with van der Waals surface area (Å²) in [5.74, 6) is 1.43. The monoisotopic (exact) mass is 209 g/mol. The van der Waals surface area contributed by atoms with Gasteiger partial charge in [0.2, 0.25) is 0 Å². The van der Waals surface area contributed by atoms with E-state index in [0.29, 0.717) is 5.92 Å². The number of hydrogen-bond donors (Lipinski definition) is 1. The van der Waals surface area contributed by atoms with E-state index < -0.39 is 0 Å². The minimum Gasteiger partial charge on any atom is -0.387 e. The number of nitrogens with zero attached hydrogens (tertiary/aromatic N) is 2. The lowest BCUT2D eigenvalue weighted by molar-refractivity contribution is 0.916. The van der Waals surface area contributed by atoms with Gasteiger partial charge < -0.3 is 5.73 Å². The van der Waals surface area contributed by atoms with Crippen molar-refractivity contribution in [1.29, 1.82) is 0 Å². The average molecular weight is 209 g/mol. The number of hydrogen-bond acceptors (Lipinski definition) is 3. The van der Waals surface area contributed by atoms with Crippen molar-refractivity contribution in [3.8, 4) is 0 Å². The van der Waals surface area contributed by atoms with Gasteiger partial charge in [0.15, 0.2) is 0 Å². The third-order valence-electron chi connectivity index (χ3n) is 2.32. The van der Waals surface area contributed by atoms with Crippen molar-refractivity contribution < 1.29 is 0 Å². The molecule has 0 amide bonds. The van der Waals surface area contributed by atoms with Crippen LogP contribution in [-0.2, 0) is 6.42 Å². The molecule has 0 radical (unpaired) electrons. The smallest absolute Gasteiger partial charge is 0.0968 e. The Balaban J connectivity index is 1.79. The number of aryl methyl sites for hydroxylation is 1. The summed E-state index contributed by atoms with van der Waals surface area (Å²) in [6, 6.07) is 0. The van der Waals surface area contributed by atoms with Crippen molar-refractivity contribution >= 4 is 17.2 Å². The van der Waals surface area contributed by atoms with Gasteiger partial charge in [0, 0.05) is 24.3 Å². The highest BCUT2D eigenvalue weighted by Gasteiger charge is 2.24. The Hall–Kier alpha value is -0.900. The van der Waals surface area contributed by atoms with Crippen molar-refractivity contribution in [2.45, 2.75) is 26.2 Å². The van der Waals surface area contributed by atoms with Gasteiger partial charge in [-0.15, -0.1) is 11.3 Å². The summed E-state index contributed by atoms with van der Waals surface area (Å²) in [6.45, 7) is 2.81. The Morgan fingerprint density at radius 1 is 1.71 bits per heavy atom. The minimum atomic E-state index is 0.590. The lowest BCUT2D eigenvalue weighted by atomic mass is 10.3. The van der Waals surface area contributed by atoms with Crippen LogP contribution in [0.15, 0.2) is 10.4 Å². The zero-order valence-electron chi connectivity index (χ0n) is 8.36. The number of nitrogens with two attached hydrogens (primary N) is 1. The molecule has 1 aromatic heterocycles. The van der Waals surface area contributed by atoms with E-state index in [2.05, 4.69) is 15.4 Å². The molecule has 1 heterocycles. The Kier molecular flexibility index (Phi) is 2.82. The summed E-state index contributed by atoms with van der Waals surface area (Å²) >= 11 is 1.69. The lowest BCUT2D eigenvalue weighted by Gasteiger charge is -1.96. The van der Waals surface area contributed by atoms with E-state index in [1.165, 1.54) is 12.8 Å². The fourth-order valence-corrected chi connectivity index (χ4v) is 1.98. The van der Waals surface area contributed by atoms with Crippen LogP contribution in [0.1, 0.15) is 23.5 Å². The van der Waals surface area contributed by atoms with Crippen molar-refractivity contribution in [3.63, 3.8) is 0 Å². The van der Waals surface area contributed by atoms with Crippen LogP contribution < -0.4 is 5.73 Å². The maximum Gasteiger partial charge on any atom is 0.0968 e. The summed E-state index contributed by atoms with van der Waals surface area (Å²) < 4.78 is 0. The van der Waals surface area contributed by atoms with E-state index in [4.69, 9.17) is 5.73 Å². The van der Waals surface area contributed by atoms with Crippen LogP contribution in [0.4, 0.5) is 0 Å². The van der Waals surface area contributed by atoms with Gasteiger partial charge >= 0.3 is 0 Å². The van der Waals surface area contributed by atoms with Gasteiger partial charge in [0.1, 0.15) is 0 Å². The topological polar surface area (TPSA) is 51.3 Å². The van der Waals surface area contributed by atoms with Crippen LogP contribution in [0.5, 0.6) is 0 Å². The maximum atomic E-state index is 5.78. The van der Waals surface area contributed by atoms with E-state index in [9.17, 15) is 0 Å². The molecule has 1 aromatic rings. The zero-order chi connectivity index (χ0) is 9.97. The fourth-order valence-electron chi connectivity index (χ4n) is 1.33. The molecule has 1 fully saturated rings. The largest absolute Gasteiger partial charge is 0.387 e. The third kappa shape index (κ3) is 2.54. The molecule has 1 aliphatic rings. The molecule has 2 N–H and O–H groups in total. The second-order valence-corrected chi connectivity index (χ2v) is 4.75. The van der Waals surface area contributed by atoms with Crippen LogP contribution in [0.25, 0.3) is 0 Å². The van der Waals surface area contributed by atoms with Crippen molar-refractivity contribution in [2.24, 2.45) is 16.6 Å². The van der Waals surface area contributed by atoms with Crippen molar-refractivity contribution in [3.05, 3.63) is 16.1 Å². The molecule has 0 unspecified atom stereocenters. The first-order chi connectivity index (χ1) is 6.75. The second kappa shape index (κ2) is 4.09. The molecule has 0 saturated heterocycles. The molecule has 0 aliphatic heterocycles. The van der Waals surface area contributed by atoms with Gasteiger partial charge in [-0.1, -0.05) is 0 Å². The molecule has 0 aromatic carbocycles. The fraction of sp³-hybridized carbons (Fsp3) is 0.600. The molecular formula is C10H15N3S. The first kappa shape index (κ1) is 9.65. The zero-order valence-corrected chi connectivity index (χ0v) is 9.18. The highest BCUT2D eigenvalue weighted by molar-refractivity contribution is 7.09. The van der Waals surface area contributed by atoms with E-state index in [1.807, 2.05) is 6.92 Å². The van der Waals surface area contributed by atoms with E-state index in [-0.39, 0.29) is 0 Å². The van der Waals surface area contributed by atoms with Gasteiger partial charge in [-0.3, -0.25) is 4.99 Å². The summed E-state index contributed by atoms with van der Waals surface area (Å²) in [7, 11) is 0. The van der Waals surface area contributed by atoms with E-state index in [0.717, 1.165) is 29.5 Å². The van der Waals surface area contributed by atoms with Crippen LogP contribution in [0.2, 0.25) is 0 Å². The predicted molar refractivity (Wildman–Crippen MR) is 59.8 cm³/mol. The van der Waals surface area contributed by atoms with Crippen molar-refractivity contribution in [2.75, 3.05) is 6.54 Å². The van der Waals surface area contributed by atoms with Gasteiger partial charge in [0.25, 0.3) is 0 Å². The number of aromatic nitrogens is 1. The molecule has 1 aliphatic carbocycles. The van der Waals surface area contributed by atoms with Gasteiger partial charge in [0.05, 0.1) is 16.5 Å². The maximum absolute atomic E-state index is 5.78. The lowest BCUT2D eigenvalue weighted by Crippen LogP contribution is -2.14. The highest BCUT2D eigenvalue weighted by Crippen LogP contribution is 2.28. The first-order valence-electron chi connectivity index (χ1n) is 4.96. The average Bonchev–Trinajstić information content (AvgIpc) is 2.92. The molecule has 4 heteroatoms. The molecule has 0 atom stereocenters. The number of rotatable bonds is 4. The molecule has 76 valence electrons. The second-order valence-electron chi connectivity index (χ2n) is 3.69. The Morgan fingerprint density at radius 3 is 3.07 bits per heavy atom.